The first-order valence-corrected chi connectivity index (χ1v) is 12.2. The van der Waals surface area contributed by atoms with Crippen molar-refractivity contribution in [2.24, 2.45) is 0 Å². The van der Waals surface area contributed by atoms with Gasteiger partial charge in [0, 0.05) is 25.7 Å². The smallest absolute Gasteiger partial charge is 0.407 e. The fraction of sp³-hybridized carbons (Fsp3) is 0.680. The van der Waals surface area contributed by atoms with E-state index in [-0.39, 0.29) is 12.1 Å². The molecule has 0 aliphatic carbocycles. The molecule has 2 N–H and O–H groups in total. The monoisotopic (exact) mass is 446 g/mol. The average molecular weight is 447 g/mol. The number of unbranched alkanes of at least 4 members (excludes halogenated alkanes) is 2. The highest BCUT2D eigenvalue weighted by atomic mass is 16.5. The highest BCUT2D eigenvalue weighted by Crippen LogP contribution is 2.22. The van der Waals surface area contributed by atoms with E-state index in [1.807, 2.05) is 37.2 Å². The van der Waals surface area contributed by atoms with Crippen molar-refractivity contribution in [3.8, 4) is 0 Å². The highest BCUT2D eigenvalue weighted by molar-refractivity contribution is 5.74. The van der Waals surface area contributed by atoms with Crippen molar-refractivity contribution in [2.45, 2.75) is 63.8 Å². The van der Waals surface area contributed by atoms with Crippen molar-refractivity contribution in [1.29, 1.82) is 0 Å². The number of carbonyl (C=O) groups excluding carboxylic acids is 2. The molecular formula is C25H42N4O3. The van der Waals surface area contributed by atoms with Gasteiger partial charge in [-0.05, 0) is 77.6 Å². The van der Waals surface area contributed by atoms with Gasteiger partial charge in [-0.25, -0.2) is 9.59 Å². The normalized spacial score (nSPS) is 16.1. The first-order valence-electron chi connectivity index (χ1n) is 12.2. The zero-order chi connectivity index (χ0) is 23.0. The van der Waals surface area contributed by atoms with E-state index in [1.54, 1.807) is 0 Å². The van der Waals surface area contributed by atoms with E-state index in [0.29, 0.717) is 25.7 Å². The van der Waals surface area contributed by atoms with E-state index < -0.39 is 0 Å². The van der Waals surface area contributed by atoms with Crippen LogP contribution in [0.5, 0.6) is 0 Å². The lowest BCUT2D eigenvalue weighted by Gasteiger charge is -2.36. The standard InChI is InChI=1S/C25H42N4O3/c1-28(2)19-11-17-27-25(31)32-21-10-4-7-14-23-15-8-9-20-29(23)24(30)26-18-16-22-12-5-3-6-13-22/h3,5-6,12-13,23H,4,7-11,14-21H2,1-2H3,(H,26,30)(H,27,31). The second kappa shape index (κ2) is 15.5. The maximum atomic E-state index is 12.7. The molecule has 0 bridgehead atoms. The summed E-state index contributed by atoms with van der Waals surface area (Å²) in [6.07, 6.45) is 8.74. The van der Waals surface area contributed by atoms with Gasteiger partial charge < -0.3 is 25.2 Å². The number of amides is 3. The zero-order valence-electron chi connectivity index (χ0n) is 20.0. The van der Waals surface area contributed by atoms with Gasteiger partial charge in [0.2, 0.25) is 0 Å². The summed E-state index contributed by atoms with van der Waals surface area (Å²) >= 11 is 0. The van der Waals surface area contributed by atoms with Gasteiger partial charge in [-0.2, -0.15) is 0 Å². The van der Waals surface area contributed by atoms with Crippen LogP contribution in [0.3, 0.4) is 0 Å². The first kappa shape index (κ1) is 26.0. The maximum absolute atomic E-state index is 12.7. The molecule has 1 aliphatic rings. The summed E-state index contributed by atoms with van der Waals surface area (Å²) in [4.78, 5) is 28.5. The molecule has 1 unspecified atom stereocenters. The topological polar surface area (TPSA) is 73.9 Å². The summed E-state index contributed by atoms with van der Waals surface area (Å²) in [5.41, 5.74) is 1.24. The molecule has 0 spiro atoms. The quantitative estimate of drug-likeness (QED) is 0.449. The third kappa shape index (κ3) is 10.8. The SMILES string of the molecule is CN(C)CCCNC(=O)OCCCCCC1CCCCN1C(=O)NCCc1ccccc1. The summed E-state index contributed by atoms with van der Waals surface area (Å²) in [5.74, 6) is 0. The van der Waals surface area contributed by atoms with E-state index in [1.165, 1.54) is 12.0 Å². The number of rotatable bonds is 13. The van der Waals surface area contributed by atoms with Gasteiger partial charge in [0.05, 0.1) is 6.61 Å². The maximum Gasteiger partial charge on any atom is 0.407 e. The van der Waals surface area contributed by atoms with Gasteiger partial charge in [-0.15, -0.1) is 0 Å². The minimum atomic E-state index is -0.325. The summed E-state index contributed by atoms with van der Waals surface area (Å²) in [5, 5.41) is 5.89. The fourth-order valence-electron chi connectivity index (χ4n) is 4.09. The Balaban J connectivity index is 1.55. The lowest BCUT2D eigenvalue weighted by Crippen LogP contribution is -2.49. The summed E-state index contributed by atoms with van der Waals surface area (Å²) < 4.78 is 5.24. The Morgan fingerprint density at radius 3 is 2.62 bits per heavy atom. The van der Waals surface area contributed by atoms with Crippen molar-refractivity contribution >= 4 is 12.1 Å². The predicted octanol–water partition coefficient (Wildman–Crippen LogP) is 4.03. The number of urea groups is 1. The Morgan fingerprint density at radius 1 is 1.03 bits per heavy atom. The van der Waals surface area contributed by atoms with Gasteiger partial charge in [-0.3, -0.25) is 0 Å². The molecule has 0 aromatic heterocycles. The summed E-state index contributed by atoms with van der Waals surface area (Å²) in [7, 11) is 4.03. The van der Waals surface area contributed by atoms with Crippen LogP contribution in [0.25, 0.3) is 0 Å². The van der Waals surface area contributed by atoms with Crippen LogP contribution in [0.2, 0.25) is 0 Å². The third-order valence-corrected chi connectivity index (χ3v) is 5.89. The number of benzene rings is 1. The van der Waals surface area contributed by atoms with E-state index >= 15 is 0 Å². The molecule has 2 rings (SSSR count). The lowest BCUT2D eigenvalue weighted by atomic mass is 9.97. The van der Waals surface area contributed by atoms with Crippen molar-refractivity contribution in [2.75, 3.05) is 46.9 Å². The summed E-state index contributed by atoms with van der Waals surface area (Å²) in [6, 6.07) is 10.6. The third-order valence-electron chi connectivity index (χ3n) is 5.89. The van der Waals surface area contributed by atoms with Crippen LogP contribution in [-0.4, -0.2) is 74.8 Å². The molecule has 1 aliphatic heterocycles. The lowest BCUT2D eigenvalue weighted by molar-refractivity contribution is 0.138. The van der Waals surface area contributed by atoms with E-state index in [2.05, 4.69) is 27.7 Å². The predicted molar refractivity (Wildman–Crippen MR) is 129 cm³/mol. The van der Waals surface area contributed by atoms with E-state index in [9.17, 15) is 9.59 Å². The number of hydrogen-bond acceptors (Lipinski definition) is 4. The van der Waals surface area contributed by atoms with Crippen molar-refractivity contribution in [3.63, 3.8) is 0 Å². The van der Waals surface area contributed by atoms with Gasteiger partial charge in [-0.1, -0.05) is 36.8 Å². The number of nitrogens with zero attached hydrogens (tertiary/aromatic N) is 2. The van der Waals surface area contributed by atoms with Crippen LogP contribution in [0, 0.1) is 0 Å². The zero-order valence-corrected chi connectivity index (χ0v) is 20.0. The molecule has 1 saturated heterocycles. The Morgan fingerprint density at radius 2 is 1.84 bits per heavy atom. The van der Waals surface area contributed by atoms with E-state index in [0.717, 1.165) is 64.5 Å². The molecule has 1 fully saturated rings. The minimum absolute atomic E-state index is 0.0694. The fourth-order valence-corrected chi connectivity index (χ4v) is 4.09. The van der Waals surface area contributed by atoms with Crippen molar-refractivity contribution < 1.29 is 14.3 Å². The molecule has 1 aromatic rings. The van der Waals surface area contributed by atoms with Crippen LogP contribution in [0.4, 0.5) is 9.59 Å². The molecular weight excluding hydrogens is 404 g/mol. The number of hydrogen-bond donors (Lipinski definition) is 2. The number of ether oxygens (including phenoxy) is 1. The average Bonchev–Trinajstić information content (AvgIpc) is 2.80. The number of alkyl carbamates (subject to hydrolysis) is 1. The van der Waals surface area contributed by atoms with Gasteiger partial charge in [0.25, 0.3) is 0 Å². The Kier molecular flexibility index (Phi) is 12.6. The van der Waals surface area contributed by atoms with Crippen LogP contribution in [-0.2, 0) is 11.2 Å². The van der Waals surface area contributed by atoms with Crippen LogP contribution in [0.15, 0.2) is 30.3 Å². The van der Waals surface area contributed by atoms with Gasteiger partial charge in [0.1, 0.15) is 0 Å². The van der Waals surface area contributed by atoms with Crippen LogP contribution in [0.1, 0.15) is 56.9 Å². The molecule has 7 nitrogen and oxygen atoms in total. The minimum Gasteiger partial charge on any atom is -0.450 e. The molecule has 3 amide bonds. The van der Waals surface area contributed by atoms with Crippen LogP contribution >= 0.6 is 0 Å². The molecule has 32 heavy (non-hydrogen) atoms. The molecule has 0 saturated carbocycles. The van der Waals surface area contributed by atoms with Gasteiger partial charge >= 0.3 is 12.1 Å². The molecule has 1 aromatic carbocycles. The van der Waals surface area contributed by atoms with Crippen LogP contribution < -0.4 is 10.6 Å². The van der Waals surface area contributed by atoms with Gasteiger partial charge in [0.15, 0.2) is 0 Å². The Labute approximate surface area is 193 Å². The molecule has 1 heterocycles. The Hall–Kier alpha value is -2.28. The number of carbonyl (C=O) groups is 2. The molecule has 1 atom stereocenters. The summed E-state index contributed by atoms with van der Waals surface area (Å²) in [6.45, 7) is 3.55. The van der Waals surface area contributed by atoms with E-state index in [4.69, 9.17) is 4.74 Å². The molecule has 0 radical (unpaired) electrons. The number of piperidine rings is 1. The first-order chi connectivity index (χ1) is 15.6. The highest BCUT2D eigenvalue weighted by Gasteiger charge is 2.25. The largest absolute Gasteiger partial charge is 0.450 e. The molecule has 7 heteroatoms. The number of nitrogens with one attached hydrogen (secondary N) is 2. The molecule has 180 valence electrons. The van der Waals surface area contributed by atoms with Crippen molar-refractivity contribution in [1.82, 2.24) is 20.4 Å². The second-order valence-corrected chi connectivity index (χ2v) is 8.88. The van der Waals surface area contributed by atoms with Crippen molar-refractivity contribution in [3.05, 3.63) is 35.9 Å². The second-order valence-electron chi connectivity index (χ2n) is 8.88. The Bertz CT molecular complexity index is 654. The number of likely N-dealkylation sites (tertiary alicyclic amines) is 1.